The third-order valence-electron chi connectivity index (χ3n) is 4.29. The first-order chi connectivity index (χ1) is 11.6. The zero-order valence-corrected chi connectivity index (χ0v) is 15.7. The molecule has 1 amide bonds. The predicted octanol–water partition coefficient (Wildman–Crippen LogP) is 3.47. The summed E-state index contributed by atoms with van der Waals surface area (Å²) < 4.78 is 5.53. The number of nitrogens with zero attached hydrogens (tertiary/aromatic N) is 2. The number of carboxylic acid groups (broad SMARTS) is 1. The van der Waals surface area contributed by atoms with Crippen LogP contribution in [0.1, 0.15) is 45.0 Å². The average Bonchev–Trinajstić information content (AvgIpc) is 2.52. The fourth-order valence-corrected chi connectivity index (χ4v) is 3.08. The van der Waals surface area contributed by atoms with Crippen LogP contribution in [0.3, 0.4) is 0 Å². The summed E-state index contributed by atoms with van der Waals surface area (Å²) in [5.41, 5.74) is 0.450. The fraction of sp³-hybridized carbons (Fsp3) is 0.579. The number of aromatic carboxylic acids is 1. The molecule has 1 aliphatic rings. The van der Waals surface area contributed by atoms with E-state index in [-0.39, 0.29) is 23.6 Å². The number of carboxylic acids is 1. The number of rotatable bonds is 3. The Morgan fingerprint density at radius 3 is 2.40 bits per heavy atom. The summed E-state index contributed by atoms with van der Waals surface area (Å²) in [6.07, 6.45) is -0.308. The van der Waals surface area contributed by atoms with E-state index in [1.165, 1.54) is 0 Å². The molecule has 138 valence electrons. The number of carbonyl (C=O) groups is 2. The summed E-state index contributed by atoms with van der Waals surface area (Å²) in [6, 6.07) is 6.97. The van der Waals surface area contributed by atoms with Crippen molar-refractivity contribution in [3.63, 3.8) is 0 Å². The van der Waals surface area contributed by atoms with Crippen LogP contribution in [0, 0.1) is 5.92 Å². The van der Waals surface area contributed by atoms with Gasteiger partial charge in [0.15, 0.2) is 0 Å². The Kier molecular flexibility index (Phi) is 5.60. The van der Waals surface area contributed by atoms with Gasteiger partial charge in [-0.25, -0.2) is 9.59 Å². The molecule has 0 saturated carbocycles. The van der Waals surface area contributed by atoms with Crippen molar-refractivity contribution in [1.29, 1.82) is 0 Å². The summed E-state index contributed by atoms with van der Waals surface area (Å²) in [5, 5.41) is 9.43. The molecule has 1 N–H and O–H groups in total. The number of hydrogen-bond donors (Lipinski definition) is 1. The molecule has 6 heteroatoms. The fourth-order valence-electron chi connectivity index (χ4n) is 3.08. The lowest BCUT2D eigenvalue weighted by molar-refractivity contribution is 0.00877. The largest absolute Gasteiger partial charge is 0.478 e. The lowest BCUT2D eigenvalue weighted by Gasteiger charge is -2.44. The molecule has 0 aliphatic carbocycles. The number of hydrogen-bond acceptors (Lipinski definition) is 4. The van der Waals surface area contributed by atoms with Crippen LogP contribution in [0.5, 0.6) is 0 Å². The van der Waals surface area contributed by atoms with E-state index in [4.69, 9.17) is 4.74 Å². The summed E-state index contributed by atoms with van der Waals surface area (Å²) in [5.74, 6) is -0.710. The van der Waals surface area contributed by atoms with Crippen LogP contribution in [0.2, 0.25) is 0 Å². The molecular formula is C19H28N2O4. The quantitative estimate of drug-likeness (QED) is 0.906. The van der Waals surface area contributed by atoms with Crippen molar-refractivity contribution in [1.82, 2.24) is 4.90 Å². The average molecular weight is 348 g/mol. The van der Waals surface area contributed by atoms with E-state index in [2.05, 4.69) is 18.7 Å². The van der Waals surface area contributed by atoms with E-state index in [9.17, 15) is 14.7 Å². The maximum Gasteiger partial charge on any atom is 0.410 e. The van der Waals surface area contributed by atoms with E-state index >= 15 is 0 Å². The number of amides is 1. The van der Waals surface area contributed by atoms with Crippen molar-refractivity contribution in [2.75, 3.05) is 24.5 Å². The molecule has 1 aromatic rings. The highest BCUT2D eigenvalue weighted by Gasteiger charge is 2.35. The predicted molar refractivity (Wildman–Crippen MR) is 97.2 cm³/mol. The lowest BCUT2D eigenvalue weighted by atomic mass is 9.99. The third kappa shape index (κ3) is 4.65. The van der Waals surface area contributed by atoms with Gasteiger partial charge in [-0.05, 0) is 38.8 Å². The third-order valence-corrected chi connectivity index (χ3v) is 4.29. The molecule has 0 aromatic heterocycles. The molecule has 1 saturated heterocycles. The number of carbonyl (C=O) groups excluding carboxylic acids is 1. The zero-order chi connectivity index (χ0) is 18.8. The van der Waals surface area contributed by atoms with Gasteiger partial charge < -0.3 is 19.6 Å². The number of benzene rings is 1. The second kappa shape index (κ2) is 7.33. The van der Waals surface area contributed by atoms with Crippen LogP contribution in [0.15, 0.2) is 24.3 Å². The molecule has 0 spiro atoms. The van der Waals surface area contributed by atoms with Gasteiger partial charge in [-0.3, -0.25) is 0 Å². The molecule has 1 atom stereocenters. The Hall–Kier alpha value is -2.24. The van der Waals surface area contributed by atoms with Crippen molar-refractivity contribution < 1.29 is 19.4 Å². The number of ether oxygens (including phenoxy) is 1. The molecule has 1 heterocycles. The highest BCUT2D eigenvalue weighted by atomic mass is 16.6. The van der Waals surface area contributed by atoms with Gasteiger partial charge in [-0.1, -0.05) is 26.0 Å². The van der Waals surface area contributed by atoms with Crippen molar-refractivity contribution in [3.8, 4) is 0 Å². The highest BCUT2D eigenvalue weighted by molar-refractivity contribution is 5.94. The van der Waals surface area contributed by atoms with Crippen molar-refractivity contribution >= 4 is 17.7 Å². The van der Waals surface area contributed by atoms with E-state index in [0.29, 0.717) is 25.3 Å². The lowest BCUT2D eigenvalue weighted by Crippen LogP contribution is -2.58. The minimum Gasteiger partial charge on any atom is -0.478 e. The maximum absolute atomic E-state index is 12.5. The molecule has 0 radical (unpaired) electrons. The zero-order valence-electron chi connectivity index (χ0n) is 15.7. The number of para-hydroxylation sites is 1. The smallest absolute Gasteiger partial charge is 0.410 e. The van der Waals surface area contributed by atoms with Crippen LogP contribution in [0.4, 0.5) is 10.5 Å². The van der Waals surface area contributed by atoms with E-state index in [0.717, 1.165) is 0 Å². The van der Waals surface area contributed by atoms with Crippen LogP contribution >= 0.6 is 0 Å². The van der Waals surface area contributed by atoms with Gasteiger partial charge in [0.2, 0.25) is 0 Å². The molecular weight excluding hydrogens is 320 g/mol. The molecule has 1 fully saturated rings. The summed E-state index contributed by atoms with van der Waals surface area (Å²) in [4.78, 5) is 27.9. The van der Waals surface area contributed by atoms with Gasteiger partial charge in [0.25, 0.3) is 0 Å². The molecule has 1 aliphatic heterocycles. The first-order valence-corrected chi connectivity index (χ1v) is 8.67. The minimum absolute atomic E-state index is 0.0366. The Labute approximate surface area is 149 Å². The number of anilines is 1. The second-order valence-corrected chi connectivity index (χ2v) is 7.75. The van der Waals surface area contributed by atoms with Gasteiger partial charge in [0, 0.05) is 19.6 Å². The summed E-state index contributed by atoms with van der Waals surface area (Å²) in [6.45, 7) is 11.4. The molecule has 0 unspecified atom stereocenters. The van der Waals surface area contributed by atoms with E-state index in [1.54, 1.807) is 17.0 Å². The maximum atomic E-state index is 12.5. The Morgan fingerprint density at radius 1 is 1.20 bits per heavy atom. The van der Waals surface area contributed by atoms with E-state index in [1.807, 2.05) is 32.9 Å². The van der Waals surface area contributed by atoms with Crippen LogP contribution < -0.4 is 4.90 Å². The van der Waals surface area contributed by atoms with E-state index < -0.39 is 11.6 Å². The van der Waals surface area contributed by atoms with Gasteiger partial charge in [0.1, 0.15) is 5.60 Å². The Morgan fingerprint density at radius 2 is 1.84 bits per heavy atom. The first kappa shape index (κ1) is 19.1. The summed E-state index contributed by atoms with van der Waals surface area (Å²) in [7, 11) is 0. The molecule has 1 aromatic carbocycles. The Bertz CT molecular complexity index is 637. The first-order valence-electron chi connectivity index (χ1n) is 8.67. The van der Waals surface area contributed by atoms with Crippen molar-refractivity contribution in [2.24, 2.45) is 5.92 Å². The van der Waals surface area contributed by atoms with Crippen LogP contribution in [-0.2, 0) is 4.74 Å². The molecule has 25 heavy (non-hydrogen) atoms. The normalized spacial score (nSPS) is 18.4. The number of piperazine rings is 1. The van der Waals surface area contributed by atoms with Crippen LogP contribution in [-0.4, -0.2) is 53.3 Å². The van der Waals surface area contributed by atoms with Crippen molar-refractivity contribution in [3.05, 3.63) is 29.8 Å². The standard InChI is InChI=1S/C19H28N2O4/c1-13(2)16-12-20(15-9-7-6-8-14(15)17(22)23)10-11-21(16)18(24)25-19(3,4)5/h6-9,13,16H,10-12H2,1-5H3,(H,22,23)/t16-/m0/s1. The van der Waals surface area contributed by atoms with Gasteiger partial charge in [0.05, 0.1) is 17.3 Å². The van der Waals surface area contributed by atoms with Crippen LogP contribution in [0.25, 0.3) is 0 Å². The summed E-state index contributed by atoms with van der Waals surface area (Å²) >= 11 is 0. The molecule has 6 nitrogen and oxygen atoms in total. The second-order valence-electron chi connectivity index (χ2n) is 7.75. The highest BCUT2D eigenvalue weighted by Crippen LogP contribution is 2.27. The topological polar surface area (TPSA) is 70.1 Å². The molecule has 2 rings (SSSR count). The monoisotopic (exact) mass is 348 g/mol. The van der Waals surface area contributed by atoms with Crippen molar-refractivity contribution in [2.45, 2.75) is 46.3 Å². The van der Waals surface area contributed by atoms with Gasteiger partial charge in [-0.2, -0.15) is 0 Å². The Balaban J connectivity index is 2.22. The SMILES string of the molecule is CC(C)[C@@H]1CN(c2ccccc2C(=O)O)CCN1C(=O)OC(C)(C)C. The molecule has 0 bridgehead atoms. The minimum atomic E-state index is -0.939. The van der Waals surface area contributed by atoms with Gasteiger partial charge in [-0.15, -0.1) is 0 Å². The van der Waals surface area contributed by atoms with Gasteiger partial charge >= 0.3 is 12.1 Å².